The van der Waals surface area contributed by atoms with E-state index in [1.54, 1.807) is 12.1 Å². The lowest BCUT2D eigenvalue weighted by Gasteiger charge is -2.14. The van der Waals surface area contributed by atoms with Crippen molar-refractivity contribution in [2.24, 2.45) is 0 Å². The van der Waals surface area contributed by atoms with Gasteiger partial charge in [0.15, 0.2) is 0 Å². The van der Waals surface area contributed by atoms with Crippen LogP contribution in [0.2, 0.25) is 0 Å². The van der Waals surface area contributed by atoms with Crippen LogP contribution in [0.15, 0.2) is 48.5 Å². The predicted octanol–water partition coefficient (Wildman–Crippen LogP) is 8.39. The minimum Gasteiger partial charge on any atom is -0.462 e. The second-order valence-corrected chi connectivity index (χ2v) is 8.90. The Morgan fingerprint density at radius 2 is 1.12 bits per heavy atom. The Bertz CT molecular complexity index is 844. The van der Waals surface area contributed by atoms with E-state index >= 15 is 0 Å². The summed E-state index contributed by atoms with van der Waals surface area (Å²) in [5, 5.41) is 0. The van der Waals surface area contributed by atoms with Crippen LogP contribution in [-0.2, 0) is 9.47 Å². The summed E-state index contributed by atoms with van der Waals surface area (Å²) < 4.78 is 11.2. The number of unbranched alkanes of at least 4 members (excludes halogenated alkanes) is 10. The molecule has 0 heterocycles. The predicted molar refractivity (Wildman–Crippen MR) is 139 cm³/mol. The van der Waals surface area contributed by atoms with E-state index in [9.17, 15) is 9.59 Å². The van der Waals surface area contributed by atoms with E-state index in [0.29, 0.717) is 24.3 Å². The summed E-state index contributed by atoms with van der Waals surface area (Å²) in [5.74, 6) is -0.919. The molecule has 0 radical (unpaired) electrons. The molecule has 34 heavy (non-hydrogen) atoms. The highest BCUT2D eigenvalue weighted by Crippen LogP contribution is 2.28. The van der Waals surface area contributed by atoms with Crippen LogP contribution in [0.3, 0.4) is 0 Å². The fourth-order valence-electron chi connectivity index (χ4n) is 4.05. The molecule has 186 valence electrons. The minimum atomic E-state index is -0.460. The molecule has 0 amide bonds. The Balaban J connectivity index is 2.05. The van der Waals surface area contributed by atoms with E-state index in [1.807, 2.05) is 36.4 Å². The quantitative estimate of drug-likeness (QED) is 0.173. The van der Waals surface area contributed by atoms with Gasteiger partial charge >= 0.3 is 11.9 Å². The van der Waals surface area contributed by atoms with Gasteiger partial charge in [-0.15, -0.1) is 0 Å². The molecule has 0 atom stereocenters. The molecule has 0 spiro atoms. The van der Waals surface area contributed by atoms with E-state index in [0.717, 1.165) is 44.1 Å². The maximum Gasteiger partial charge on any atom is 0.339 e. The molecule has 0 aliphatic rings. The first-order chi connectivity index (χ1) is 16.7. The summed E-state index contributed by atoms with van der Waals surface area (Å²) in [7, 11) is 0. The average Bonchev–Trinajstić information content (AvgIpc) is 2.87. The highest BCUT2D eigenvalue weighted by Gasteiger charge is 2.24. The highest BCUT2D eigenvalue weighted by atomic mass is 16.5. The lowest BCUT2D eigenvalue weighted by molar-refractivity contribution is 0.0451. The molecule has 4 nitrogen and oxygen atoms in total. The van der Waals surface area contributed by atoms with Crippen molar-refractivity contribution in [1.29, 1.82) is 0 Å². The summed E-state index contributed by atoms with van der Waals surface area (Å²) >= 11 is 0. The molecule has 0 aliphatic carbocycles. The standard InChI is InChI=1S/C30H42O4/c1-3-5-7-9-11-16-23-33-29(31)27-22-18-21-26(25-19-14-13-15-20-25)28(27)30(32)34-24-17-12-10-8-6-4-2/h13-15,18-22H,3-12,16-17,23-24H2,1-2H3. The minimum absolute atomic E-state index is 0.278. The third-order valence-electron chi connectivity index (χ3n) is 6.04. The lowest BCUT2D eigenvalue weighted by Crippen LogP contribution is -2.16. The molecular weight excluding hydrogens is 424 g/mol. The largest absolute Gasteiger partial charge is 0.462 e. The van der Waals surface area contributed by atoms with Gasteiger partial charge in [-0.2, -0.15) is 0 Å². The summed E-state index contributed by atoms with van der Waals surface area (Å²) in [6.45, 7) is 5.12. The summed E-state index contributed by atoms with van der Waals surface area (Å²) in [5.41, 5.74) is 2.15. The fraction of sp³-hybridized carbons (Fsp3) is 0.533. The smallest absolute Gasteiger partial charge is 0.339 e. The van der Waals surface area contributed by atoms with Gasteiger partial charge in [0.2, 0.25) is 0 Å². The number of ether oxygens (including phenoxy) is 2. The Morgan fingerprint density at radius 1 is 0.588 bits per heavy atom. The van der Waals surface area contributed by atoms with Crippen molar-refractivity contribution in [3.8, 4) is 11.1 Å². The molecule has 4 heteroatoms. The molecule has 2 rings (SSSR count). The average molecular weight is 467 g/mol. The highest BCUT2D eigenvalue weighted by molar-refractivity contribution is 6.07. The van der Waals surface area contributed by atoms with Crippen LogP contribution in [-0.4, -0.2) is 25.2 Å². The van der Waals surface area contributed by atoms with E-state index < -0.39 is 11.9 Å². The molecule has 2 aromatic rings. The second kappa shape index (κ2) is 16.9. The van der Waals surface area contributed by atoms with Gasteiger partial charge in [-0.1, -0.05) is 121 Å². The Labute approximate surface area is 206 Å². The fourth-order valence-corrected chi connectivity index (χ4v) is 4.05. The van der Waals surface area contributed by atoms with Crippen LogP contribution in [0.1, 0.15) is 112 Å². The van der Waals surface area contributed by atoms with E-state index in [2.05, 4.69) is 13.8 Å². The van der Waals surface area contributed by atoms with Crippen LogP contribution in [0.4, 0.5) is 0 Å². The number of benzene rings is 2. The third-order valence-corrected chi connectivity index (χ3v) is 6.04. The van der Waals surface area contributed by atoms with Gasteiger partial charge in [-0.05, 0) is 30.0 Å². The molecule has 0 aliphatic heterocycles. The van der Waals surface area contributed by atoms with E-state index in [4.69, 9.17) is 9.47 Å². The van der Waals surface area contributed by atoms with E-state index in [-0.39, 0.29) is 5.56 Å². The molecule has 0 saturated heterocycles. The lowest BCUT2D eigenvalue weighted by atomic mass is 9.95. The summed E-state index contributed by atoms with van der Waals surface area (Å²) in [6, 6.07) is 15.0. The van der Waals surface area contributed by atoms with E-state index in [1.165, 1.54) is 38.5 Å². The maximum atomic E-state index is 13.1. The second-order valence-electron chi connectivity index (χ2n) is 8.90. The van der Waals surface area contributed by atoms with Crippen LogP contribution >= 0.6 is 0 Å². The number of hydrogen-bond donors (Lipinski definition) is 0. The van der Waals surface area contributed by atoms with Crippen LogP contribution in [0, 0.1) is 0 Å². The summed E-state index contributed by atoms with van der Waals surface area (Å²) in [6.07, 6.45) is 13.4. The third kappa shape index (κ3) is 9.70. The normalized spacial score (nSPS) is 10.8. The molecule has 0 bridgehead atoms. The topological polar surface area (TPSA) is 52.6 Å². The SMILES string of the molecule is CCCCCCCCOC(=O)c1cccc(-c2ccccc2)c1C(=O)OCCCCCCCC. The molecule has 0 fully saturated rings. The molecule has 0 saturated carbocycles. The number of carbonyl (C=O) groups is 2. The Hall–Kier alpha value is -2.62. The van der Waals surface area contributed by atoms with Crippen molar-refractivity contribution in [3.05, 3.63) is 59.7 Å². The Morgan fingerprint density at radius 3 is 1.71 bits per heavy atom. The van der Waals surface area contributed by atoms with Gasteiger partial charge in [0.25, 0.3) is 0 Å². The zero-order chi connectivity index (χ0) is 24.4. The monoisotopic (exact) mass is 466 g/mol. The first kappa shape index (κ1) is 27.6. The van der Waals surface area contributed by atoms with Crippen molar-refractivity contribution in [2.45, 2.75) is 90.9 Å². The zero-order valence-corrected chi connectivity index (χ0v) is 21.2. The number of rotatable bonds is 17. The van der Waals surface area contributed by atoms with Crippen molar-refractivity contribution >= 4 is 11.9 Å². The van der Waals surface area contributed by atoms with Gasteiger partial charge in [-0.25, -0.2) is 9.59 Å². The van der Waals surface area contributed by atoms with Crippen LogP contribution in [0.5, 0.6) is 0 Å². The molecule has 0 aromatic heterocycles. The van der Waals surface area contributed by atoms with Crippen molar-refractivity contribution in [1.82, 2.24) is 0 Å². The van der Waals surface area contributed by atoms with Gasteiger partial charge in [0.05, 0.1) is 24.3 Å². The van der Waals surface area contributed by atoms with Crippen molar-refractivity contribution in [2.75, 3.05) is 13.2 Å². The van der Waals surface area contributed by atoms with Crippen molar-refractivity contribution in [3.63, 3.8) is 0 Å². The zero-order valence-electron chi connectivity index (χ0n) is 21.2. The summed E-state index contributed by atoms with van der Waals surface area (Å²) in [4.78, 5) is 26.1. The van der Waals surface area contributed by atoms with Gasteiger partial charge in [0, 0.05) is 0 Å². The molecule has 0 N–H and O–H groups in total. The van der Waals surface area contributed by atoms with Gasteiger partial charge in [-0.3, -0.25) is 0 Å². The molecular formula is C30H42O4. The van der Waals surface area contributed by atoms with Gasteiger partial charge < -0.3 is 9.47 Å². The first-order valence-corrected chi connectivity index (χ1v) is 13.2. The van der Waals surface area contributed by atoms with Crippen LogP contribution < -0.4 is 0 Å². The van der Waals surface area contributed by atoms with Crippen molar-refractivity contribution < 1.29 is 19.1 Å². The first-order valence-electron chi connectivity index (χ1n) is 13.2. The van der Waals surface area contributed by atoms with Crippen LogP contribution in [0.25, 0.3) is 11.1 Å². The number of esters is 2. The van der Waals surface area contributed by atoms with Gasteiger partial charge in [0.1, 0.15) is 0 Å². The number of hydrogen-bond acceptors (Lipinski definition) is 4. The number of carbonyl (C=O) groups excluding carboxylic acids is 2. The molecule has 2 aromatic carbocycles. The Kier molecular flexibility index (Phi) is 13.7. The molecule has 0 unspecified atom stereocenters. The maximum absolute atomic E-state index is 13.1.